The van der Waals surface area contributed by atoms with Crippen LogP contribution < -0.4 is 9.57 Å². The van der Waals surface area contributed by atoms with Crippen LogP contribution in [0.4, 0.5) is 4.79 Å². The maximum absolute atomic E-state index is 12.5. The molecule has 32 heavy (non-hydrogen) atoms. The molecule has 4 rings (SSSR count). The Balaban J connectivity index is 1.31. The molecule has 0 unspecified atom stereocenters. The molecule has 10 nitrogen and oxygen atoms in total. The van der Waals surface area contributed by atoms with Crippen molar-refractivity contribution in [2.45, 2.75) is 32.6 Å². The molecule has 11 heteroatoms. The average molecular weight is 459 g/mol. The van der Waals surface area contributed by atoms with Crippen LogP contribution >= 0.6 is 12.2 Å². The van der Waals surface area contributed by atoms with E-state index < -0.39 is 6.09 Å². The van der Waals surface area contributed by atoms with E-state index >= 15 is 0 Å². The number of amides is 1. The number of imidazole rings is 2. The highest BCUT2D eigenvalue weighted by molar-refractivity contribution is 7.71. The van der Waals surface area contributed by atoms with Gasteiger partial charge in [0.15, 0.2) is 10.5 Å². The third-order valence-corrected chi connectivity index (χ3v) is 5.73. The van der Waals surface area contributed by atoms with Gasteiger partial charge in [0, 0.05) is 19.3 Å². The van der Waals surface area contributed by atoms with E-state index in [1.54, 1.807) is 40.5 Å². The van der Waals surface area contributed by atoms with Crippen LogP contribution in [0.2, 0.25) is 0 Å². The molecule has 1 aliphatic rings. The molecule has 1 saturated heterocycles. The second-order valence-corrected chi connectivity index (χ2v) is 8.41. The van der Waals surface area contributed by atoms with Gasteiger partial charge in [-0.25, -0.2) is 19.3 Å². The Morgan fingerprint density at radius 1 is 1.34 bits per heavy atom. The van der Waals surface area contributed by atoms with Gasteiger partial charge < -0.3 is 24.6 Å². The van der Waals surface area contributed by atoms with Gasteiger partial charge in [0.25, 0.3) is 0 Å². The maximum Gasteiger partial charge on any atom is 0.415 e. The van der Waals surface area contributed by atoms with Crippen molar-refractivity contribution in [3.05, 3.63) is 47.5 Å². The predicted octanol–water partition coefficient (Wildman–Crippen LogP) is 3.29. The number of H-pyrrole nitrogens is 1. The fraction of sp³-hybridized carbons (Fsp3) is 0.429. The number of aromatic amines is 1. The average Bonchev–Trinajstić information content (AvgIpc) is 3.41. The van der Waals surface area contributed by atoms with Crippen molar-refractivity contribution in [2.24, 2.45) is 5.92 Å². The highest BCUT2D eigenvalue weighted by atomic mass is 32.1. The van der Waals surface area contributed by atoms with E-state index in [-0.39, 0.29) is 11.8 Å². The van der Waals surface area contributed by atoms with Crippen LogP contribution in [0.3, 0.4) is 0 Å². The van der Waals surface area contributed by atoms with Crippen molar-refractivity contribution in [1.82, 2.24) is 29.1 Å². The van der Waals surface area contributed by atoms with Crippen molar-refractivity contribution in [1.29, 1.82) is 0 Å². The molecule has 0 spiro atoms. The summed E-state index contributed by atoms with van der Waals surface area (Å²) in [5.74, 6) is 1.25. The zero-order valence-electron chi connectivity index (χ0n) is 18.0. The summed E-state index contributed by atoms with van der Waals surface area (Å²) in [4.78, 5) is 31.1. The van der Waals surface area contributed by atoms with E-state index in [1.807, 2.05) is 13.8 Å². The Hall–Kier alpha value is -3.34. The number of ether oxygens (including phenoxy) is 1. The first-order valence-corrected chi connectivity index (χ1v) is 10.9. The Labute approximate surface area is 190 Å². The molecule has 3 aromatic heterocycles. The zero-order chi connectivity index (χ0) is 22.7. The minimum Gasteiger partial charge on any atom is -0.493 e. The molecule has 0 saturated carbocycles. The Kier molecular flexibility index (Phi) is 6.45. The summed E-state index contributed by atoms with van der Waals surface area (Å²) in [7, 11) is 0. The number of rotatable bonds is 6. The second kappa shape index (κ2) is 9.43. The van der Waals surface area contributed by atoms with Crippen LogP contribution in [0.25, 0.3) is 5.82 Å². The Morgan fingerprint density at radius 2 is 2.12 bits per heavy atom. The van der Waals surface area contributed by atoms with Gasteiger partial charge in [-0.1, -0.05) is 13.8 Å². The molecule has 3 aromatic rings. The van der Waals surface area contributed by atoms with Gasteiger partial charge in [-0.05, 0) is 49.0 Å². The number of carbonyl (C=O) groups excluding carboxylic acids is 1. The number of carbonyl (C=O) groups is 1. The number of likely N-dealkylation sites (tertiary alicyclic amines) is 1. The largest absolute Gasteiger partial charge is 0.493 e. The summed E-state index contributed by atoms with van der Waals surface area (Å²) in [6, 6.07) is 3.28. The van der Waals surface area contributed by atoms with Crippen molar-refractivity contribution in [3.8, 4) is 17.4 Å². The number of nitrogens with one attached hydrogen (secondary N) is 1. The number of pyridine rings is 1. The third-order valence-electron chi connectivity index (χ3n) is 5.44. The van der Waals surface area contributed by atoms with Gasteiger partial charge >= 0.3 is 6.09 Å². The minimum atomic E-state index is -0.406. The van der Waals surface area contributed by atoms with E-state index in [0.717, 1.165) is 12.8 Å². The summed E-state index contributed by atoms with van der Waals surface area (Å²) in [6.45, 7) is 5.70. The van der Waals surface area contributed by atoms with Crippen LogP contribution in [0, 0.1) is 10.7 Å². The lowest BCUT2D eigenvalue weighted by atomic mass is 9.98. The molecule has 1 fully saturated rings. The van der Waals surface area contributed by atoms with E-state index in [0.29, 0.717) is 47.6 Å². The molecule has 2 N–H and O–H groups in total. The Morgan fingerprint density at radius 3 is 2.72 bits per heavy atom. The summed E-state index contributed by atoms with van der Waals surface area (Å²) >= 11 is 5.30. The van der Waals surface area contributed by atoms with Gasteiger partial charge in [-0.15, -0.1) is 0 Å². The highest BCUT2D eigenvalue weighted by Crippen LogP contribution is 2.28. The standard InChI is InChI=1S/C21H26N6O4S/c1-14(2)18-19(28)27(20(32)24-18)17-4-3-16(11-23-17)31-21(29)25-8-5-15(6-9-25)12-30-26-10-7-22-13-26/h3-4,7,10-11,13-15,28H,5-6,8-9,12H2,1-2H3,(H,24,32). The highest BCUT2D eigenvalue weighted by Gasteiger charge is 2.25. The molecule has 1 amide bonds. The van der Waals surface area contributed by atoms with E-state index in [1.165, 1.54) is 10.8 Å². The molecule has 0 aliphatic carbocycles. The molecule has 0 atom stereocenters. The van der Waals surface area contributed by atoms with E-state index in [9.17, 15) is 9.90 Å². The summed E-state index contributed by atoms with van der Waals surface area (Å²) < 4.78 is 8.86. The minimum absolute atomic E-state index is 0.0298. The maximum atomic E-state index is 12.5. The monoisotopic (exact) mass is 458 g/mol. The topological polar surface area (TPSA) is 110 Å². The number of nitrogens with zero attached hydrogens (tertiary/aromatic N) is 5. The number of hydrogen-bond acceptors (Lipinski definition) is 7. The number of aromatic nitrogens is 5. The van der Waals surface area contributed by atoms with Crippen LogP contribution in [0.5, 0.6) is 11.6 Å². The van der Waals surface area contributed by atoms with E-state index in [2.05, 4.69) is 15.0 Å². The summed E-state index contributed by atoms with van der Waals surface area (Å²) in [5, 5.41) is 10.5. The molecule has 1 aliphatic heterocycles. The molecular weight excluding hydrogens is 432 g/mol. The van der Waals surface area contributed by atoms with Crippen LogP contribution in [-0.4, -0.2) is 60.0 Å². The van der Waals surface area contributed by atoms with Crippen LogP contribution in [0.15, 0.2) is 37.1 Å². The molecule has 0 radical (unpaired) electrons. The van der Waals surface area contributed by atoms with Crippen LogP contribution in [-0.2, 0) is 0 Å². The quantitative estimate of drug-likeness (QED) is 0.545. The number of hydrogen-bond donors (Lipinski definition) is 2. The lowest BCUT2D eigenvalue weighted by Crippen LogP contribution is -2.41. The van der Waals surface area contributed by atoms with Crippen molar-refractivity contribution >= 4 is 18.3 Å². The summed E-state index contributed by atoms with van der Waals surface area (Å²) in [6.07, 6.45) is 7.74. The Bertz CT molecular complexity index is 1100. The molecule has 170 valence electrons. The first kappa shape index (κ1) is 21.9. The lowest BCUT2D eigenvalue weighted by molar-refractivity contribution is 0.0541. The van der Waals surface area contributed by atoms with Gasteiger partial charge in [0.05, 0.1) is 18.1 Å². The molecule has 0 bridgehead atoms. The van der Waals surface area contributed by atoms with E-state index in [4.69, 9.17) is 21.8 Å². The third kappa shape index (κ3) is 4.77. The van der Waals surface area contributed by atoms with Gasteiger partial charge in [-0.3, -0.25) is 0 Å². The molecule has 0 aromatic carbocycles. The summed E-state index contributed by atoms with van der Waals surface area (Å²) in [5.41, 5.74) is 0.645. The van der Waals surface area contributed by atoms with Gasteiger partial charge in [0.1, 0.15) is 18.8 Å². The molecular formula is C21H26N6O4S. The van der Waals surface area contributed by atoms with Crippen LogP contribution in [0.1, 0.15) is 38.3 Å². The van der Waals surface area contributed by atoms with Crippen molar-refractivity contribution < 1.29 is 19.5 Å². The first-order valence-electron chi connectivity index (χ1n) is 10.5. The zero-order valence-corrected chi connectivity index (χ0v) is 18.8. The van der Waals surface area contributed by atoms with Gasteiger partial charge in [0.2, 0.25) is 5.88 Å². The molecule has 4 heterocycles. The van der Waals surface area contributed by atoms with Gasteiger partial charge in [-0.2, -0.15) is 4.73 Å². The number of piperidine rings is 1. The predicted molar refractivity (Wildman–Crippen MR) is 118 cm³/mol. The number of aromatic hydroxyl groups is 1. The lowest BCUT2D eigenvalue weighted by Gasteiger charge is -2.30. The fourth-order valence-corrected chi connectivity index (χ4v) is 3.88. The normalized spacial score (nSPS) is 14.7. The smallest absolute Gasteiger partial charge is 0.415 e. The first-order chi connectivity index (χ1) is 15.4. The second-order valence-electron chi connectivity index (χ2n) is 8.03. The van der Waals surface area contributed by atoms with Crippen molar-refractivity contribution in [2.75, 3.05) is 19.7 Å². The fourth-order valence-electron chi connectivity index (χ4n) is 3.59. The SMILES string of the molecule is CC(C)c1[nH]c(=S)n(-c2ccc(OC(=O)N3CCC(COn4ccnc4)CC3)cn2)c1O. The van der Waals surface area contributed by atoms with Crippen molar-refractivity contribution in [3.63, 3.8) is 0 Å².